The van der Waals surface area contributed by atoms with Gasteiger partial charge in [0.25, 0.3) is 0 Å². The van der Waals surface area contributed by atoms with Gasteiger partial charge in [0, 0.05) is 12.6 Å². The largest absolute Gasteiger partial charge is 0.479 e. The lowest BCUT2D eigenvalue weighted by Gasteiger charge is -2.30. The quantitative estimate of drug-likeness (QED) is 0.778. The van der Waals surface area contributed by atoms with Crippen LogP contribution < -0.4 is 10.6 Å². The van der Waals surface area contributed by atoms with Gasteiger partial charge in [-0.3, -0.25) is 0 Å². The van der Waals surface area contributed by atoms with Crippen molar-refractivity contribution in [2.75, 3.05) is 20.1 Å². The summed E-state index contributed by atoms with van der Waals surface area (Å²) < 4.78 is 0. The molecule has 114 valence electrons. The number of carboxylic acid groups (broad SMARTS) is 1. The molecule has 6 heteroatoms. The number of aliphatic carboxylic acids is 1. The van der Waals surface area contributed by atoms with Crippen LogP contribution in [0, 0.1) is 0 Å². The first-order valence-corrected chi connectivity index (χ1v) is 7.09. The van der Waals surface area contributed by atoms with Gasteiger partial charge in [0.05, 0.1) is 0 Å². The Hall–Kier alpha value is -2.08. The first-order valence-electron chi connectivity index (χ1n) is 7.09. The number of nitrogens with one attached hydrogen (secondary N) is 2. The fraction of sp³-hybridized carbons (Fsp3) is 0.467. The topological polar surface area (TPSA) is 81.7 Å². The van der Waals surface area contributed by atoms with Crippen molar-refractivity contribution in [2.24, 2.45) is 0 Å². The van der Waals surface area contributed by atoms with E-state index in [1.807, 2.05) is 7.05 Å². The zero-order valence-corrected chi connectivity index (χ0v) is 12.1. The summed E-state index contributed by atoms with van der Waals surface area (Å²) in [6.45, 7) is 1.82. The molecular weight excluding hydrogens is 270 g/mol. The Kier molecular flexibility index (Phi) is 5.16. The van der Waals surface area contributed by atoms with Crippen LogP contribution in [0.15, 0.2) is 30.3 Å². The number of carboxylic acids is 1. The van der Waals surface area contributed by atoms with E-state index in [1.165, 1.54) is 0 Å². The third-order valence-electron chi connectivity index (χ3n) is 3.61. The number of rotatable bonds is 4. The third kappa shape index (κ3) is 4.46. The highest BCUT2D eigenvalue weighted by molar-refractivity contribution is 5.83. The van der Waals surface area contributed by atoms with Gasteiger partial charge in [-0.15, -0.1) is 0 Å². The molecule has 0 aromatic heterocycles. The van der Waals surface area contributed by atoms with Crippen LogP contribution in [0.1, 0.15) is 24.4 Å². The summed E-state index contributed by atoms with van der Waals surface area (Å²) >= 11 is 0. The van der Waals surface area contributed by atoms with E-state index < -0.39 is 18.0 Å². The molecule has 1 saturated heterocycles. The van der Waals surface area contributed by atoms with Gasteiger partial charge in [0.2, 0.25) is 0 Å². The number of likely N-dealkylation sites (N-methyl/N-ethyl adjacent to an activating group) is 1. The van der Waals surface area contributed by atoms with Gasteiger partial charge in [-0.05, 0) is 32.0 Å². The standard InChI is InChI=1S/C15H21N3O3/c1-18-9-5-8-12(10-18)16-15(21)17-13(14(19)20)11-6-3-2-4-7-11/h2-4,6-7,12-13H,5,8-10H2,1H3,(H,19,20)(H2,16,17,21)/t12?,13-/m1/s1. The van der Waals surface area contributed by atoms with Crippen molar-refractivity contribution < 1.29 is 14.7 Å². The van der Waals surface area contributed by atoms with Crippen LogP contribution in [-0.2, 0) is 4.79 Å². The second-order valence-corrected chi connectivity index (χ2v) is 5.40. The minimum Gasteiger partial charge on any atom is -0.479 e. The number of benzene rings is 1. The van der Waals surface area contributed by atoms with E-state index in [0.717, 1.165) is 25.9 Å². The Labute approximate surface area is 124 Å². The van der Waals surface area contributed by atoms with Gasteiger partial charge in [-0.1, -0.05) is 30.3 Å². The lowest BCUT2D eigenvalue weighted by molar-refractivity contribution is -0.139. The predicted molar refractivity (Wildman–Crippen MR) is 79.0 cm³/mol. The maximum absolute atomic E-state index is 12.0. The summed E-state index contributed by atoms with van der Waals surface area (Å²) in [6.07, 6.45) is 1.95. The molecule has 0 bridgehead atoms. The molecule has 1 heterocycles. The first kappa shape index (κ1) is 15.3. The first-order chi connectivity index (χ1) is 10.1. The van der Waals surface area contributed by atoms with Gasteiger partial charge in [0.15, 0.2) is 6.04 Å². The highest BCUT2D eigenvalue weighted by Crippen LogP contribution is 2.13. The fourth-order valence-electron chi connectivity index (χ4n) is 2.58. The minimum absolute atomic E-state index is 0.0639. The molecule has 2 rings (SSSR count). The molecule has 1 aliphatic heterocycles. The lowest BCUT2D eigenvalue weighted by atomic mass is 10.1. The molecular formula is C15H21N3O3. The van der Waals surface area contributed by atoms with Gasteiger partial charge in [-0.25, -0.2) is 9.59 Å². The second kappa shape index (κ2) is 7.08. The molecule has 0 radical (unpaired) electrons. The number of carbonyl (C=O) groups is 2. The van der Waals surface area contributed by atoms with Crippen molar-refractivity contribution >= 4 is 12.0 Å². The van der Waals surface area contributed by atoms with Crippen molar-refractivity contribution in [2.45, 2.75) is 24.9 Å². The van der Waals surface area contributed by atoms with Crippen molar-refractivity contribution in [3.8, 4) is 0 Å². The number of amides is 2. The number of likely N-dealkylation sites (tertiary alicyclic amines) is 1. The third-order valence-corrected chi connectivity index (χ3v) is 3.61. The molecule has 0 saturated carbocycles. The Balaban J connectivity index is 1.94. The van der Waals surface area contributed by atoms with Crippen molar-refractivity contribution in [1.82, 2.24) is 15.5 Å². The normalized spacial score (nSPS) is 20.5. The molecule has 1 aromatic rings. The number of hydrogen-bond acceptors (Lipinski definition) is 3. The molecule has 6 nitrogen and oxygen atoms in total. The van der Waals surface area contributed by atoms with Gasteiger partial charge in [-0.2, -0.15) is 0 Å². The SMILES string of the molecule is CN1CCCC(NC(=O)N[C@@H](C(=O)O)c2ccccc2)C1. The zero-order valence-electron chi connectivity index (χ0n) is 12.1. The van der Waals surface area contributed by atoms with Crippen LogP contribution in [-0.4, -0.2) is 48.2 Å². The van der Waals surface area contributed by atoms with E-state index in [0.29, 0.717) is 5.56 Å². The maximum Gasteiger partial charge on any atom is 0.330 e. The molecule has 1 aromatic carbocycles. The van der Waals surface area contributed by atoms with E-state index in [-0.39, 0.29) is 6.04 Å². The van der Waals surface area contributed by atoms with E-state index in [4.69, 9.17) is 0 Å². The Bertz CT molecular complexity index is 492. The smallest absolute Gasteiger partial charge is 0.330 e. The number of urea groups is 1. The summed E-state index contributed by atoms with van der Waals surface area (Å²) in [5, 5.41) is 14.6. The zero-order chi connectivity index (χ0) is 15.2. The Morgan fingerprint density at radius 3 is 2.67 bits per heavy atom. The van der Waals surface area contributed by atoms with E-state index in [2.05, 4.69) is 15.5 Å². The summed E-state index contributed by atoms with van der Waals surface area (Å²) in [5.41, 5.74) is 0.556. The minimum atomic E-state index is -1.07. The van der Waals surface area contributed by atoms with Gasteiger partial charge in [0.1, 0.15) is 0 Å². The average Bonchev–Trinajstić information content (AvgIpc) is 2.45. The van der Waals surface area contributed by atoms with Crippen molar-refractivity contribution in [3.05, 3.63) is 35.9 Å². The van der Waals surface area contributed by atoms with Crippen LogP contribution in [0.3, 0.4) is 0 Å². The van der Waals surface area contributed by atoms with Crippen molar-refractivity contribution in [1.29, 1.82) is 0 Å². The summed E-state index contributed by atoms with van der Waals surface area (Å²) in [5.74, 6) is -1.07. The van der Waals surface area contributed by atoms with Crippen molar-refractivity contribution in [3.63, 3.8) is 0 Å². The molecule has 0 spiro atoms. The Morgan fingerprint density at radius 1 is 1.33 bits per heavy atom. The molecule has 3 N–H and O–H groups in total. The lowest BCUT2D eigenvalue weighted by Crippen LogP contribution is -2.50. The number of piperidine rings is 1. The average molecular weight is 291 g/mol. The fourth-order valence-corrected chi connectivity index (χ4v) is 2.58. The second-order valence-electron chi connectivity index (χ2n) is 5.40. The van der Waals surface area contributed by atoms with E-state index >= 15 is 0 Å². The van der Waals surface area contributed by atoms with Crippen LogP contribution in [0.4, 0.5) is 4.79 Å². The monoisotopic (exact) mass is 291 g/mol. The van der Waals surface area contributed by atoms with Gasteiger partial charge >= 0.3 is 12.0 Å². The summed E-state index contributed by atoms with van der Waals surface area (Å²) in [7, 11) is 2.01. The maximum atomic E-state index is 12.0. The highest BCUT2D eigenvalue weighted by Gasteiger charge is 2.24. The number of carbonyl (C=O) groups excluding carboxylic acids is 1. The molecule has 1 aliphatic rings. The number of nitrogens with zero attached hydrogens (tertiary/aromatic N) is 1. The van der Waals surface area contributed by atoms with Crippen LogP contribution >= 0.6 is 0 Å². The predicted octanol–water partition coefficient (Wildman–Crippen LogP) is 1.21. The summed E-state index contributed by atoms with van der Waals surface area (Å²) in [4.78, 5) is 25.5. The molecule has 1 unspecified atom stereocenters. The molecule has 21 heavy (non-hydrogen) atoms. The van der Waals surface area contributed by atoms with Crippen LogP contribution in [0.5, 0.6) is 0 Å². The molecule has 0 aliphatic carbocycles. The van der Waals surface area contributed by atoms with Gasteiger partial charge < -0.3 is 20.6 Å². The van der Waals surface area contributed by atoms with E-state index in [1.54, 1.807) is 30.3 Å². The van der Waals surface area contributed by atoms with Crippen LogP contribution in [0.25, 0.3) is 0 Å². The number of hydrogen-bond donors (Lipinski definition) is 3. The molecule has 2 atom stereocenters. The van der Waals surface area contributed by atoms with E-state index in [9.17, 15) is 14.7 Å². The van der Waals surface area contributed by atoms with Crippen LogP contribution in [0.2, 0.25) is 0 Å². The molecule has 2 amide bonds. The highest BCUT2D eigenvalue weighted by atomic mass is 16.4. The summed E-state index contributed by atoms with van der Waals surface area (Å²) in [6, 6.07) is 7.27. The molecule has 1 fully saturated rings. The Morgan fingerprint density at radius 2 is 2.05 bits per heavy atom.